The van der Waals surface area contributed by atoms with Crippen LogP contribution < -0.4 is 10.6 Å². The molecule has 8 heteroatoms. The van der Waals surface area contributed by atoms with E-state index in [1.54, 1.807) is 6.92 Å². The topological polar surface area (TPSA) is 91.0 Å². The van der Waals surface area contributed by atoms with Gasteiger partial charge in [0.1, 0.15) is 0 Å². The van der Waals surface area contributed by atoms with E-state index in [1.807, 2.05) is 47.4 Å². The summed E-state index contributed by atoms with van der Waals surface area (Å²) in [7, 11) is 0. The summed E-state index contributed by atoms with van der Waals surface area (Å²) in [5.41, 5.74) is 1.72. The number of carbonyl (C=O) groups excluding carboxylic acids is 3. The highest BCUT2D eigenvalue weighted by Gasteiger charge is 2.28. The maximum atomic E-state index is 13.1. The molecule has 0 saturated carbocycles. The molecule has 0 radical (unpaired) electrons. The van der Waals surface area contributed by atoms with Gasteiger partial charge in [-0.3, -0.25) is 9.69 Å². The highest BCUT2D eigenvalue weighted by Crippen LogP contribution is 2.21. The Morgan fingerprint density at radius 2 is 1.77 bits per heavy atom. The molecule has 2 aromatic rings. The highest BCUT2D eigenvalue weighted by atomic mass is 16.5. The molecule has 2 N–H and O–H groups in total. The summed E-state index contributed by atoms with van der Waals surface area (Å²) in [5, 5.41) is 7.36. The van der Waals surface area contributed by atoms with E-state index in [4.69, 9.17) is 4.74 Å². The molecule has 8 nitrogen and oxygen atoms in total. The molecule has 4 rings (SSSR count). The maximum absolute atomic E-state index is 13.1. The minimum atomic E-state index is -0.422. The van der Waals surface area contributed by atoms with Crippen LogP contribution in [-0.4, -0.2) is 73.6 Å². The van der Waals surface area contributed by atoms with Gasteiger partial charge >= 0.3 is 12.0 Å². The second kappa shape index (κ2) is 9.18. The van der Waals surface area contributed by atoms with Gasteiger partial charge in [0.25, 0.3) is 5.91 Å². The van der Waals surface area contributed by atoms with Crippen LogP contribution in [0, 0.1) is 0 Å². The van der Waals surface area contributed by atoms with E-state index in [9.17, 15) is 14.4 Å². The third-order valence-electron chi connectivity index (χ3n) is 5.64. The first-order valence-electron chi connectivity index (χ1n) is 10.5. The van der Waals surface area contributed by atoms with Gasteiger partial charge in [-0.1, -0.05) is 36.4 Å². The highest BCUT2D eigenvalue weighted by molar-refractivity contribution is 6.07. The second-order valence-electron chi connectivity index (χ2n) is 7.58. The van der Waals surface area contributed by atoms with Crippen LogP contribution in [0.4, 0.5) is 4.79 Å². The van der Waals surface area contributed by atoms with E-state index < -0.39 is 5.97 Å². The van der Waals surface area contributed by atoms with Gasteiger partial charge in [-0.25, -0.2) is 9.59 Å². The summed E-state index contributed by atoms with van der Waals surface area (Å²) < 4.78 is 5.11. The predicted octanol–water partition coefficient (Wildman–Crippen LogP) is 1.73. The Bertz CT molecular complexity index is 1040. The van der Waals surface area contributed by atoms with Crippen molar-refractivity contribution >= 4 is 28.7 Å². The van der Waals surface area contributed by atoms with E-state index >= 15 is 0 Å². The molecule has 0 bridgehead atoms. The van der Waals surface area contributed by atoms with E-state index in [1.165, 1.54) is 0 Å². The Morgan fingerprint density at radius 3 is 2.55 bits per heavy atom. The van der Waals surface area contributed by atoms with Crippen molar-refractivity contribution < 1.29 is 19.1 Å². The summed E-state index contributed by atoms with van der Waals surface area (Å²) in [6.45, 7) is 5.07. The zero-order chi connectivity index (χ0) is 21.8. The number of rotatable bonds is 5. The first kappa shape index (κ1) is 20.9. The number of fused-ring (bicyclic) bond motifs is 1. The Labute approximate surface area is 180 Å². The molecule has 3 amide bonds. The molecule has 2 aromatic carbocycles. The van der Waals surface area contributed by atoms with Crippen molar-refractivity contribution in [1.82, 2.24) is 20.4 Å². The fraction of sp³-hybridized carbons (Fsp3) is 0.348. The number of carbonyl (C=O) groups is 3. The third kappa shape index (κ3) is 4.54. The molecule has 2 aliphatic rings. The van der Waals surface area contributed by atoms with Crippen LogP contribution in [0.1, 0.15) is 17.3 Å². The fourth-order valence-electron chi connectivity index (χ4n) is 4.00. The number of nitrogens with one attached hydrogen (secondary N) is 2. The van der Waals surface area contributed by atoms with Crippen LogP contribution in [0.25, 0.3) is 10.8 Å². The zero-order valence-corrected chi connectivity index (χ0v) is 17.5. The number of hydrogen-bond acceptors (Lipinski definition) is 5. The average Bonchev–Trinajstić information content (AvgIpc) is 2.79. The van der Waals surface area contributed by atoms with Gasteiger partial charge in [-0.05, 0) is 23.8 Å². The van der Waals surface area contributed by atoms with Crippen molar-refractivity contribution in [3.63, 3.8) is 0 Å². The lowest BCUT2D eigenvalue weighted by atomic mass is 10.0. The van der Waals surface area contributed by atoms with Crippen LogP contribution in [0.5, 0.6) is 0 Å². The number of piperazine rings is 1. The molecule has 0 aliphatic carbocycles. The quantitative estimate of drug-likeness (QED) is 0.716. The molecule has 162 valence electrons. The minimum absolute atomic E-state index is 0.0260. The first-order valence-corrected chi connectivity index (χ1v) is 10.5. The molecule has 2 heterocycles. The molecular weight excluding hydrogens is 396 g/mol. The van der Waals surface area contributed by atoms with E-state index in [2.05, 4.69) is 15.5 Å². The number of nitrogens with zero attached hydrogens (tertiary/aromatic N) is 2. The molecule has 31 heavy (non-hydrogen) atoms. The molecule has 0 atom stereocenters. The van der Waals surface area contributed by atoms with Gasteiger partial charge in [-0.15, -0.1) is 0 Å². The van der Waals surface area contributed by atoms with Gasteiger partial charge < -0.3 is 20.3 Å². The molecule has 1 saturated heterocycles. The smallest absolute Gasteiger partial charge is 0.337 e. The van der Waals surface area contributed by atoms with Crippen molar-refractivity contribution in [2.24, 2.45) is 0 Å². The van der Waals surface area contributed by atoms with Crippen molar-refractivity contribution in [3.8, 4) is 0 Å². The lowest BCUT2D eigenvalue weighted by molar-refractivity contribution is -0.138. The van der Waals surface area contributed by atoms with E-state index in [-0.39, 0.29) is 25.1 Å². The summed E-state index contributed by atoms with van der Waals surface area (Å²) >= 11 is 0. The van der Waals surface area contributed by atoms with Crippen LogP contribution in [0.3, 0.4) is 0 Å². The molecule has 0 unspecified atom stereocenters. The molecule has 0 spiro atoms. The number of amides is 3. The van der Waals surface area contributed by atoms with Crippen LogP contribution >= 0.6 is 0 Å². The monoisotopic (exact) mass is 422 g/mol. The van der Waals surface area contributed by atoms with Crippen molar-refractivity contribution in [3.05, 3.63) is 59.3 Å². The second-order valence-corrected chi connectivity index (χ2v) is 7.58. The van der Waals surface area contributed by atoms with Crippen LogP contribution in [-0.2, 0) is 9.53 Å². The maximum Gasteiger partial charge on any atom is 0.337 e. The van der Waals surface area contributed by atoms with Crippen molar-refractivity contribution in [2.75, 3.05) is 45.9 Å². The summed E-state index contributed by atoms with van der Waals surface area (Å²) in [5.74, 6) is -0.396. The molecule has 2 aliphatic heterocycles. The minimum Gasteiger partial charge on any atom is -0.463 e. The lowest BCUT2D eigenvalue weighted by Gasteiger charge is -2.36. The largest absolute Gasteiger partial charge is 0.463 e. The van der Waals surface area contributed by atoms with Gasteiger partial charge in [0.15, 0.2) is 0 Å². The predicted molar refractivity (Wildman–Crippen MR) is 116 cm³/mol. The van der Waals surface area contributed by atoms with Gasteiger partial charge in [0.2, 0.25) is 0 Å². The first-order chi connectivity index (χ1) is 15.1. The normalized spacial score (nSPS) is 17.3. The SMILES string of the molecule is CCOC(=O)C1=C(CN2CCN(C(=O)c3cccc4ccccc34)CC2)NC(=O)NC1. The van der Waals surface area contributed by atoms with Crippen LogP contribution in [0.15, 0.2) is 53.7 Å². The fourth-order valence-corrected chi connectivity index (χ4v) is 4.00. The summed E-state index contributed by atoms with van der Waals surface area (Å²) in [6.07, 6.45) is 0. The standard InChI is InChI=1S/C23H26N4O4/c1-2-31-22(29)19-14-24-23(30)25-20(19)15-26-10-12-27(13-11-26)21(28)18-9-5-7-16-6-3-4-8-17(16)18/h3-9H,2,10-15H2,1H3,(H2,24,25,30). The Kier molecular flexibility index (Phi) is 6.18. The Balaban J connectivity index is 1.43. The van der Waals surface area contributed by atoms with Gasteiger partial charge in [0, 0.05) is 44.0 Å². The van der Waals surface area contributed by atoms with Crippen molar-refractivity contribution in [2.45, 2.75) is 6.92 Å². The number of hydrogen-bond donors (Lipinski definition) is 2. The summed E-state index contributed by atoms with van der Waals surface area (Å²) in [4.78, 5) is 41.1. The number of urea groups is 1. The van der Waals surface area contributed by atoms with Gasteiger partial charge in [0.05, 0.1) is 18.7 Å². The summed E-state index contributed by atoms with van der Waals surface area (Å²) in [6, 6.07) is 13.4. The van der Waals surface area contributed by atoms with Crippen molar-refractivity contribution in [1.29, 1.82) is 0 Å². The van der Waals surface area contributed by atoms with Gasteiger partial charge in [-0.2, -0.15) is 0 Å². The zero-order valence-electron chi connectivity index (χ0n) is 17.5. The third-order valence-corrected chi connectivity index (χ3v) is 5.64. The molecule has 1 fully saturated rings. The van der Waals surface area contributed by atoms with E-state index in [0.717, 1.165) is 10.8 Å². The lowest BCUT2D eigenvalue weighted by Crippen LogP contribution is -2.52. The number of esters is 1. The average molecular weight is 422 g/mol. The Hall–Kier alpha value is -3.39. The van der Waals surface area contributed by atoms with E-state index in [0.29, 0.717) is 49.6 Å². The Morgan fingerprint density at radius 1 is 1.03 bits per heavy atom. The number of benzene rings is 2. The molecule has 0 aromatic heterocycles. The van der Waals surface area contributed by atoms with Crippen LogP contribution in [0.2, 0.25) is 0 Å². The number of ether oxygens (including phenoxy) is 1. The molecular formula is C23H26N4O4.